The number of nitrogens with zero attached hydrogens (tertiary/aromatic N) is 1. The lowest BCUT2D eigenvalue weighted by Crippen LogP contribution is -2.55. The van der Waals surface area contributed by atoms with Crippen LogP contribution < -0.4 is 14.8 Å². The van der Waals surface area contributed by atoms with Crippen molar-refractivity contribution < 1.29 is 33.4 Å². The summed E-state index contributed by atoms with van der Waals surface area (Å²) in [4.78, 5) is 44.2. The topological polar surface area (TPSA) is 105 Å². The maximum atomic E-state index is 14.6. The molecular weight excluding hydrogens is 595 g/mol. The highest BCUT2D eigenvalue weighted by Crippen LogP contribution is 2.57. The minimum atomic E-state index is -1.90. The molecule has 4 aromatic rings. The number of halogens is 1. The number of nitrogens with one attached hydrogen (secondary N) is 1. The maximum absolute atomic E-state index is 14.6. The van der Waals surface area contributed by atoms with Crippen LogP contribution in [0.3, 0.4) is 0 Å². The smallest absolute Gasteiger partial charge is 0.330 e. The zero-order valence-electron chi connectivity index (χ0n) is 25.2. The molecule has 232 valence electrons. The summed E-state index contributed by atoms with van der Waals surface area (Å²) in [6, 6.07) is 19.7. The molecule has 6 rings (SSSR count). The number of rotatable bonds is 6. The number of anilines is 1. The van der Waals surface area contributed by atoms with E-state index in [4.69, 9.17) is 9.47 Å². The Morgan fingerprint density at radius 1 is 0.956 bits per heavy atom. The Kier molecular flexibility index (Phi) is 7.64. The van der Waals surface area contributed by atoms with Gasteiger partial charge in [-0.3, -0.25) is 9.69 Å². The summed E-state index contributed by atoms with van der Waals surface area (Å²) < 4.78 is 24.9. The fraction of sp³-hybridized carbons (Fsp3) is 0.286. The Bertz CT molecular complexity index is 1750. The van der Waals surface area contributed by atoms with Crippen molar-refractivity contribution in [2.45, 2.75) is 50.6 Å². The lowest BCUT2D eigenvalue weighted by atomic mass is 9.72. The van der Waals surface area contributed by atoms with Crippen molar-refractivity contribution in [2.24, 2.45) is 5.92 Å². The average Bonchev–Trinajstić information content (AvgIpc) is 3.76. The second-order valence-corrected chi connectivity index (χ2v) is 13.5. The van der Waals surface area contributed by atoms with Crippen LogP contribution in [0.1, 0.15) is 66.0 Å². The molecule has 4 atom stereocenters. The van der Waals surface area contributed by atoms with Crippen molar-refractivity contribution in [1.29, 1.82) is 0 Å². The van der Waals surface area contributed by atoms with Crippen molar-refractivity contribution >= 4 is 34.8 Å². The molecule has 2 aliphatic heterocycles. The molecule has 2 aliphatic rings. The van der Waals surface area contributed by atoms with E-state index in [2.05, 4.69) is 26.1 Å². The zero-order chi connectivity index (χ0) is 32.1. The normalized spacial score (nSPS) is 22.3. The van der Waals surface area contributed by atoms with Crippen molar-refractivity contribution in [3.05, 3.63) is 112 Å². The number of hydrogen-bond donors (Lipinski definition) is 2. The molecule has 1 saturated heterocycles. The number of likely N-dealkylation sites (tertiary alicyclic amines) is 1. The fourth-order valence-corrected chi connectivity index (χ4v) is 7.19. The van der Waals surface area contributed by atoms with Gasteiger partial charge in [0.15, 0.2) is 17.3 Å². The van der Waals surface area contributed by atoms with E-state index in [0.29, 0.717) is 27.5 Å². The van der Waals surface area contributed by atoms with Crippen LogP contribution >= 0.6 is 11.3 Å². The van der Waals surface area contributed by atoms with E-state index < -0.39 is 41.2 Å². The second-order valence-electron chi connectivity index (χ2n) is 12.5. The molecule has 0 spiro atoms. The van der Waals surface area contributed by atoms with Crippen LogP contribution in [0.4, 0.5) is 14.9 Å². The standard InChI is InChI=1S/C35H33FN2O6S/c1-34(2,3)22-10-7-20(8-11-22)29-28(31(39)27-6-5-17-45-27)30(21-9-16-25-26(18-21)44-19-43-25)38(35(29,4)32(40)41)33(42)37-24-14-12-23(36)13-15-24/h5-18,28-30H,19H2,1-4H3,(H,37,42)(H,40,41). The lowest BCUT2D eigenvalue weighted by molar-refractivity contribution is -0.148. The van der Waals surface area contributed by atoms with E-state index in [9.17, 15) is 23.9 Å². The monoisotopic (exact) mass is 628 g/mol. The second kappa shape index (κ2) is 11.3. The molecule has 10 heteroatoms. The highest BCUT2D eigenvalue weighted by atomic mass is 32.1. The number of carbonyl (C=O) groups excluding carboxylic acids is 2. The van der Waals surface area contributed by atoms with Crippen molar-refractivity contribution in [3.63, 3.8) is 0 Å². The third kappa shape index (κ3) is 5.33. The van der Waals surface area contributed by atoms with Gasteiger partial charge in [-0.15, -0.1) is 11.3 Å². The van der Waals surface area contributed by atoms with Gasteiger partial charge in [0, 0.05) is 11.6 Å². The third-order valence-electron chi connectivity index (χ3n) is 8.77. The maximum Gasteiger partial charge on any atom is 0.330 e. The van der Waals surface area contributed by atoms with E-state index in [1.807, 2.05) is 24.3 Å². The zero-order valence-corrected chi connectivity index (χ0v) is 26.1. The number of hydrogen-bond acceptors (Lipinski definition) is 6. The summed E-state index contributed by atoms with van der Waals surface area (Å²) in [5, 5.41) is 15.6. The molecule has 1 fully saturated rings. The number of benzene rings is 3. The van der Waals surface area contributed by atoms with Crippen molar-refractivity contribution in [1.82, 2.24) is 4.90 Å². The number of fused-ring (bicyclic) bond motifs is 1. The molecule has 2 amide bonds. The van der Waals surface area contributed by atoms with Crippen LogP contribution in [0.2, 0.25) is 0 Å². The first kappa shape index (κ1) is 30.3. The Morgan fingerprint density at radius 3 is 2.24 bits per heavy atom. The van der Waals surface area contributed by atoms with Gasteiger partial charge in [0.2, 0.25) is 6.79 Å². The van der Waals surface area contributed by atoms with Gasteiger partial charge in [0.05, 0.1) is 16.8 Å². The SMILES string of the molecule is CC(C)(C)c1ccc(C2C(C(=O)c3cccs3)C(c3ccc4c(c3)OCO4)N(C(=O)Nc3ccc(F)cc3)C2(C)C(=O)O)cc1. The number of thiophene rings is 1. The molecule has 45 heavy (non-hydrogen) atoms. The lowest BCUT2D eigenvalue weighted by Gasteiger charge is -2.38. The van der Waals surface area contributed by atoms with E-state index in [1.54, 1.807) is 35.7 Å². The Hall–Kier alpha value is -4.70. The molecule has 8 nitrogen and oxygen atoms in total. The van der Waals surface area contributed by atoms with E-state index in [1.165, 1.54) is 47.4 Å². The van der Waals surface area contributed by atoms with Gasteiger partial charge in [-0.1, -0.05) is 57.2 Å². The molecule has 0 radical (unpaired) electrons. The van der Waals surface area contributed by atoms with Crippen molar-refractivity contribution in [3.8, 4) is 11.5 Å². The molecule has 3 heterocycles. The van der Waals surface area contributed by atoms with Crippen LogP contribution in [-0.4, -0.2) is 40.1 Å². The van der Waals surface area contributed by atoms with Gasteiger partial charge in [-0.2, -0.15) is 0 Å². The minimum Gasteiger partial charge on any atom is -0.479 e. The number of carboxylic acids is 1. The van der Waals surface area contributed by atoms with Gasteiger partial charge in [-0.05, 0) is 76.9 Å². The van der Waals surface area contributed by atoms with Gasteiger partial charge in [0.1, 0.15) is 11.4 Å². The summed E-state index contributed by atoms with van der Waals surface area (Å²) in [6.07, 6.45) is 0. The Balaban J connectivity index is 1.58. The van der Waals surface area contributed by atoms with Gasteiger partial charge in [0.25, 0.3) is 0 Å². The highest BCUT2D eigenvalue weighted by molar-refractivity contribution is 7.12. The molecule has 2 N–H and O–H groups in total. The van der Waals surface area contributed by atoms with Gasteiger partial charge in [-0.25, -0.2) is 14.0 Å². The average molecular weight is 629 g/mol. The number of ketones is 1. The number of carbonyl (C=O) groups is 3. The first-order valence-electron chi connectivity index (χ1n) is 14.6. The van der Waals surface area contributed by atoms with Crippen LogP contribution in [0.5, 0.6) is 11.5 Å². The molecule has 0 saturated carbocycles. The number of Topliss-reactive ketones (excluding diaryl/α,β-unsaturated/α-hetero) is 1. The first-order chi connectivity index (χ1) is 21.4. The fourth-order valence-electron chi connectivity index (χ4n) is 6.48. The summed E-state index contributed by atoms with van der Waals surface area (Å²) in [5.41, 5.74) is 0.396. The Morgan fingerprint density at radius 2 is 1.62 bits per heavy atom. The number of aliphatic carboxylic acids is 1. The molecule has 4 unspecified atom stereocenters. The summed E-state index contributed by atoms with van der Waals surface area (Å²) in [5.74, 6) is -3.03. The number of amides is 2. The van der Waals surface area contributed by atoms with Crippen molar-refractivity contribution in [2.75, 3.05) is 12.1 Å². The highest BCUT2D eigenvalue weighted by Gasteiger charge is 2.65. The number of carboxylic acid groups (broad SMARTS) is 1. The predicted octanol–water partition coefficient (Wildman–Crippen LogP) is 7.63. The third-order valence-corrected chi connectivity index (χ3v) is 9.66. The molecular formula is C35H33FN2O6S. The predicted molar refractivity (Wildman–Crippen MR) is 169 cm³/mol. The molecule has 3 aromatic carbocycles. The van der Waals surface area contributed by atoms with Crippen LogP contribution in [0, 0.1) is 11.7 Å². The van der Waals surface area contributed by atoms with E-state index >= 15 is 0 Å². The Labute approximate surface area is 264 Å². The summed E-state index contributed by atoms with van der Waals surface area (Å²) >= 11 is 1.26. The largest absolute Gasteiger partial charge is 0.479 e. The molecule has 1 aromatic heterocycles. The van der Waals surface area contributed by atoms with E-state index in [0.717, 1.165) is 5.56 Å². The van der Waals surface area contributed by atoms with Crippen LogP contribution in [0.25, 0.3) is 0 Å². The van der Waals surface area contributed by atoms with Gasteiger partial charge < -0.3 is 19.9 Å². The number of urea groups is 1. The van der Waals surface area contributed by atoms with Crippen LogP contribution in [-0.2, 0) is 10.2 Å². The quantitative estimate of drug-likeness (QED) is 0.213. The summed E-state index contributed by atoms with van der Waals surface area (Å²) in [7, 11) is 0. The summed E-state index contributed by atoms with van der Waals surface area (Å²) in [6.45, 7) is 7.76. The first-order valence-corrected chi connectivity index (χ1v) is 15.4. The number of ether oxygens (including phenoxy) is 2. The van der Waals surface area contributed by atoms with E-state index in [-0.39, 0.29) is 23.7 Å². The van der Waals surface area contributed by atoms with Crippen LogP contribution in [0.15, 0.2) is 84.2 Å². The molecule has 0 bridgehead atoms. The molecule has 0 aliphatic carbocycles. The minimum absolute atomic E-state index is 0.0192. The van der Waals surface area contributed by atoms with Gasteiger partial charge >= 0.3 is 12.0 Å².